The van der Waals surface area contributed by atoms with E-state index in [4.69, 9.17) is 5.21 Å². The first-order valence-electron chi connectivity index (χ1n) is 8.48. The van der Waals surface area contributed by atoms with Crippen LogP contribution in [0.2, 0.25) is 0 Å². The molecule has 2 N–H and O–H groups in total. The summed E-state index contributed by atoms with van der Waals surface area (Å²) in [6, 6.07) is 16.0. The van der Waals surface area contributed by atoms with Gasteiger partial charge in [0.25, 0.3) is 5.91 Å². The Hall–Kier alpha value is -2.34. The van der Waals surface area contributed by atoms with E-state index in [1.54, 1.807) is 17.6 Å². The fraction of sp³-hybridized carbons (Fsp3) is 0.250. The molecule has 0 saturated carbocycles. The van der Waals surface area contributed by atoms with Crippen molar-refractivity contribution in [2.45, 2.75) is 19.5 Å². The van der Waals surface area contributed by atoms with Gasteiger partial charge in [0.05, 0.1) is 0 Å². The highest BCUT2D eigenvalue weighted by molar-refractivity contribution is 5.93. The standard InChI is InChI=1S/C20H21N3O2.ClH/c1-22-11-10-19-17(13-22)16-4-2-3-5-18(16)23(19)12-14-6-8-15(9-7-14)20(24)21-25;/h2-9,25H,10-13H2,1H3,(H,21,24);1H. The second-order valence-electron chi connectivity index (χ2n) is 6.65. The largest absolute Gasteiger partial charge is 0.340 e. The molecule has 136 valence electrons. The van der Waals surface area contributed by atoms with Crippen LogP contribution in [0.5, 0.6) is 0 Å². The van der Waals surface area contributed by atoms with Crippen molar-refractivity contribution >= 4 is 29.2 Å². The van der Waals surface area contributed by atoms with E-state index in [2.05, 4.69) is 40.8 Å². The molecule has 0 atom stereocenters. The summed E-state index contributed by atoms with van der Waals surface area (Å²) in [4.78, 5) is 13.8. The number of aromatic nitrogens is 1. The average molecular weight is 372 g/mol. The van der Waals surface area contributed by atoms with Crippen molar-refractivity contribution in [3.05, 3.63) is 70.9 Å². The van der Waals surface area contributed by atoms with E-state index in [1.165, 1.54) is 22.2 Å². The fourth-order valence-electron chi connectivity index (χ4n) is 3.73. The summed E-state index contributed by atoms with van der Waals surface area (Å²) in [6.45, 7) is 2.83. The van der Waals surface area contributed by atoms with Gasteiger partial charge in [-0.2, -0.15) is 0 Å². The molecule has 0 fully saturated rings. The first kappa shape index (κ1) is 18.5. The van der Waals surface area contributed by atoms with Crippen LogP contribution >= 0.6 is 12.4 Å². The van der Waals surface area contributed by atoms with Gasteiger partial charge in [0.15, 0.2) is 0 Å². The fourth-order valence-corrected chi connectivity index (χ4v) is 3.73. The zero-order chi connectivity index (χ0) is 17.4. The predicted octanol–water partition coefficient (Wildman–Crippen LogP) is 3.22. The third kappa shape index (κ3) is 3.21. The second kappa shape index (κ2) is 7.50. The average Bonchev–Trinajstić information content (AvgIpc) is 2.95. The minimum atomic E-state index is -0.488. The number of hydrogen-bond donors (Lipinski definition) is 2. The summed E-state index contributed by atoms with van der Waals surface area (Å²) in [5, 5.41) is 10.1. The maximum absolute atomic E-state index is 11.5. The van der Waals surface area contributed by atoms with Crippen molar-refractivity contribution in [2.24, 2.45) is 0 Å². The third-order valence-corrected chi connectivity index (χ3v) is 5.01. The van der Waals surface area contributed by atoms with Gasteiger partial charge in [-0.15, -0.1) is 12.4 Å². The van der Waals surface area contributed by atoms with E-state index in [9.17, 15) is 4.79 Å². The molecule has 4 rings (SSSR count). The van der Waals surface area contributed by atoms with Gasteiger partial charge in [0.1, 0.15) is 0 Å². The molecule has 0 unspecified atom stereocenters. The Kier molecular flexibility index (Phi) is 5.32. The number of hydroxylamine groups is 1. The van der Waals surface area contributed by atoms with Crippen molar-refractivity contribution in [3.63, 3.8) is 0 Å². The monoisotopic (exact) mass is 371 g/mol. The number of hydrogen-bond acceptors (Lipinski definition) is 3. The lowest BCUT2D eigenvalue weighted by atomic mass is 10.1. The molecule has 1 aromatic heterocycles. The minimum absolute atomic E-state index is 0. The number of halogens is 1. The van der Waals surface area contributed by atoms with Crippen LogP contribution in [0.4, 0.5) is 0 Å². The van der Waals surface area contributed by atoms with Gasteiger partial charge in [-0.1, -0.05) is 30.3 Å². The molecule has 0 aliphatic carbocycles. The Morgan fingerprint density at radius 2 is 1.88 bits per heavy atom. The maximum Gasteiger partial charge on any atom is 0.274 e. The first-order chi connectivity index (χ1) is 12.2. The van der Waals surface area contributed by atoms with Crippen molar-refractivity contribution in [3.8, 4) is 0 Å². The lowest BCUT2D eigenvalue weighted by Crippen LogP contribution is -2.27. The lowest BCUT2D eigenvalue weighted by Gasteiger charge is -2.24. The van der Waals surface area contributed by atoms with Gasteiger partial charge in [-0.3, -0.25) is 10.0 Å². The molecule has 1 aliphatic rings. The number of carbonyl (C=O) groups excluding carboxylic acids is 1. The molecule has 6 heteroatoms. The van der Waals surface area contributed by atoms with Gasteiger partial charge >= 0.3 is 0 Å². The third-order valence-electron chi connectivity index (χ3n) is 5.01. The second-order valence-corrected chi connectivity index (χ2v) is 6.65. The van der Waals surface area contributed by atoms with E-state index < -0.39 is 5.91 Å². The van der Waals surface area contributed by atoms with Crippen LogP contribution in [0.3, 0.4) is 0 Å². The Labute approximate surface area is 158 Å². The Morgan fingerprint density at radius 1 is 1.15 bits per heavy atom. The van der Waals surface area contributed by atoms with E-state index in [0.29, 0.717) is 5.56 Å². The number of nitrogens with one attached hydrogen (secondary N) is 1. The van der Waals surface area contributed by atoms with Crippen LogP contribution in [-0.4, -0.2) is 34.2 Å². The van der Waals surface area contributed by atoms with Crippen LogP contribution in [0.1, 0.15) is 27.2 Å². The number of benzene rings is 2. The number of nitrogens with zero attached hydrogens (tertiary/aromatic N) is 2. The van der Waals surface area contributed by atoms with E-state index in [0.717, 1.165) is 31.6 Å². The molecule has 0 spiro atoms. The molecule has 2 aromatic carbocycles. The van der Waals surface area contributed by atoms with E-state index in [-0.39, 0.29) is 12.4 Å². The number of para-hydroxylation sites is 1. The topological polar surface area (TPSA) is 57.5 Å². The van der Waals surface area contributed by atoms with Gasteiger partial charge in [0.2, 0.25) is 0 Å². The normalized spacial score (nSPS) is 13.9. The number of fused-ring (bicyclic) bond motifs is 3. The van der Waals surface area contributed by atoms with Gasteiger partial charge in [0, 0.05) is 48.2 Å². The van der Waals surface area contributed by atoms with Crippen molar-refractivity contribution in [1.82, 2.24) is 14.9 Å². The predicted molar refractivity (Wildman–Crippen MR) is 104 cm³/mol. The Balaban J connectivity index is 0.00000196. The van der Waals surface area contributed by atoms with E-state index in [1.807, 2.05) is 12.1 Å². The molecular formula is C20H22ClN3O2. The summed E-state index contributed by atoms with van der Waals surface area (Å²) in [6.07, 6.45) is 1.05. The van der Waals surface area contributed by atoms with Crippen LogP contribution in [0.15, 0.2) is 48.5 Å². The van der Waals surface area contributed by atoms with Crippen molar-refractivity contribution in [1.29, 1.82) is 0 Å². The van der Waals surface area contributed by atoms with Gasteiger partial charge < -0.3 is 9.47 Å². The summed E-state index contributed by atoms with van der Waals surface area (Å²) in [5.74, 6) is -0.488. The number of carbonyl (C=O) groups is 1. The summed E-state index contributed by atoms with van der Waals surface area (Å²) < 4.78 is 2.40. The van der Waals surface area contributed by atoms with Crippen LogP contribution in [0, 0.1) is 0 Å². The zero-order valence-corrected chi connectivity index (χ0v) is 15.4. The molecule has 3 aromatic rings. The molecule has 1 amide bonds. The molecule has 0 bridgehead atoms. The highest BCUT2D eigenvalue weighted by atomic mass is 35.5. The molecule has 26 heavy (non-hydrogen) atoms. The van der Waals surface area contributed by atoms with Crippen LogP contribution < -0.4 is 5.48 Å². The first-order valence-corrected chi connectivity index (χ1v) is 8.48. The summed E-state index contributed by atoms with van der Waals surface area (Å²) in [7, 11) is 2.17. The van der Waals surface area contributed by atoms with Gasteiger partial charge in [-0.25, -0.2) is 5.48 Å². The molecule has 5 nitrogen and oxygen atoms in total. The highest BCUT2D eigenvalue weighted by Gasteiger charge is 2.22. The summed E-state index contributed by atoms with van der Waals surface area (Å²) in [5.41, 5.74) is 7.36. The molecule has 2 heterocycles. The Bertz CT molecular complexity index is 934. The zero-order valence-electron chi connectivity index (χ0n) is 14.6. The summed E-state index contributed by atoms with van der Waals surface area (Å²) >= 11 is 0. The van der Waals surface area contributed by atoms with E-state index >= 15 is 0 Å². The smallest absolute Gasteiger partial charge is 0.274 e. The number of amides is 1. The van der Waals surface area contributed by atoms with Crippen molar-refractivity contribution < 1.29 is 10.0 Å². The Morgan fingerprint density at radius 3 is 2.62 bits per heavy atom. The number of rotatable bonds is 3. The van der Waals surface area contributed by atoms with Gasteiger partial charge in [-0.05, 0) is 36.4 Å². The molecule has 0 radical (unpaired) electrons. The van der Waals surface area contributed by atoms with Crippen molar-refractivity contribution in [2.75, 3.05) is 13.6 Å². The molecular weight excluding hydrogens is 350 g/mol. The van der Waals surface area contributed by atoms with Crippen LogP contribution in [-0.2, 0) is 19.5 Å². The molecule has 0 saturated heterocycles. The number of likely N-dealkylation sites (N-methyl/N-ethyl adjacent to an activating group) is 1. The van der Waals surface area contributed by atoms with Crippen LogP contribution in [0.25, 0.3) is 10.9 Å². The molecule has 1 aliphatic heterocycles. The SMILES string of the molecule is CN1CCc2c(c3ccccc3n2Cc2ccc(C(=O)NO)cc2)C1.Cl. The highest BCUT2D eigenvalue weighted by Crippen LogP contribution is 2.31. The minimum Gasteiger partial charge on any atom is -0.340 e. The quantitative estimate of drug-likeness (QED) is 0.549. The lowest BCUT2D eigenvalue weighted by molar-refractivity contribution is 0.0706. The maximum atomic E-state index is 11.5.